The molecule has 4 aliphatic heterocycles. The Labute approximate surface area is 203 Å². The van der Waals surface area contributed by atoms with E-state index in [1.165, 1.54) is 12.3 Å². The lowest BCUT2D eigenvalue weighted by atomic mass is 9.90. The topological polar surface area (TPSA) is 37.9 Å². The minimum Gasteiger partial charge on any atom is -0.361 e. The van der Waals surface area contributed by atoms with E-state index in [4.69, 9.17) is 11.6 Å². The molecule has 3 atom stereocenters. The molecule has 1 aromatic rings. The number of alkyl halides is 3. The molecule has 5 rings (SSSR count). The first-order valence-corrected chi connectivity index (χ1v) is 12.1. The minimum absolute atomic E-state index is 0.0903. The van der Waals surface area contributed by atoms with Crippen molar-refractivity contribution >= 4 is 11.6 Å². The van der Waals surface area contributed by atoms with Crippen LogP contribution in [-0.4, -0.2) is 77.1 Å². The van der Waals surface area contributed by atoms with E-state index < -0.39 is 17.8 Å². The van der Waals surface area contributed by atoms with Gasteiger partial charge in [-0.25, -0.2) is 0 Å². The molecule has 0 radical (unpaired) electrons. The van der Waals surface area contributed by atoms with Gasteiger partial charge in [-0.05, 0) is 57.6 Å². The summed E-state index contributed by atoms with van der Waals surface area (Å²) in [4.78, 5) is 13.0. The number of nitrogens with one attached hydrogen (secondary N) is 1. The van der Waals surface area contributed by atoms with Crippen LogP contribution >= 0.6 is 11.6 Å². The second-order valence-corrected chi connectivity index (χ2v) is 9.78. The highest BCUT2D eigenvalue weighted by Gasteiger charge is 2.43. The van der Waals surface area contributed by atoms with E-state index in [2.05, 4.69) is 44.2 Å². The number of likely N-dealkylation sites (N-methyl/N-ethyl adjacent to an activating group) is 2. The summed E-state index contributed by atoms with van der Waals surface area (Å²) in [6, 6.07) is 1.91. The van der Waals surface area contributed by atoms with Crippen molar-refractivity contribution in [2.45, 2.75) is 43.7 Å². The lowest BCUT2D eigenvalue weighted by molar-refractivity contribution is -0.139. The number of rotatable bonds is 3. The number of aromatic nitrogens is 1. The monoisotopic (exact) mass is 494 g/mol. The Morgan fingerprint density at radius 1 is 1.09 bits per heavy atom. The number of pyridine rings is 1. The Hall–Kier alpha value is -2.23. The van der Waals surface area contributed by atoms with Gasteiger partial charge in [-0.2, -0.15) is 13.2 Å². The molecule has 0 aromatic carbocycles. The molecule has 1 N–H and O–H groups in total. The maximum atomic E-state index is 13.7. The fourth-order valence-corrected chi connectivity index (χ4v) is 5.87. The Kier molecular flexibility index (Phi) is 6.29. The van der Waals surface area contributed by atoms with Crippen molar-refractivity contribution in [2.75, 3.05) is 40.3 Å². The number of halogens is 4. The van der Waals surface area contributed by atoms with E-state index >= 15 is 0 Å². The summed E-state index contributed by atoms with van der Waals surface area (Å²) in [6.45, 7) is 3.81. The Morgan fingerprint density at radius 2 is 1.82 bits per heavy atom. The average molecular weight is 495 g/mol. The van der Waals surface area contributed by atoms with Crippen LogP contribution in [0.5, 0.6) is 0 Å². The molecule has 5 heterocycles. The first-order chi connectivity index (χ1) is 16.3. The van der Waals surface area contributed by atoms with E-state index in [1.807, 2.05) is 18.0 Å². The standard InChI is InChI=1S/C24H30ClF3N6/c1-31-12-14-33(15-13-31)20-10-4-9-19-30-22(23(25)34(19)20)18-8-3-7-17(32(18)2)21-16(24(26,27)28)6-5-11-29-21/h4-6,9-11,17-19,30H,3,7-8,12-15H2,1-2H3. The molecule has 3 unspecified atom stereocenters. The quantitative estimate of drug-likeness (QED) is 0.642. The predicted octanol–water partition coefficient (Wildman–Crippen LogP) is 3.92. The molecule has 2 fully saturated rings. The lowest BCUT2D eigenvalue weighted by Gasteiger charge is -2.41. The van der Waals surface area contributed by atoms with Crippen LogP contribution in [0.4, 0.5) is 13.2 Å². The summed E-state index contributed by atoms with van der Waals surface area (Å²) in [5.74, 6) is 1.06. The molecule has 0 aliphatic carbocycles. The van der Waals surface area contributed by atoms with Gasteiger partial charge in [0.2, 0.25) is 0 Å². The summed E-state index contributed by atoms with van der Waals surface area (Å²) in [7, 11) is 4.01. The maximum Gasteiger partial charge on any atom is 0.418 e. The third kappa shape index (κ3) is 4.18. The van der Waals surface area contributed by atoms with Crippen molar-refractivity contribution in [3.05, 3.63) is 64.5 Å². The van der Waals surface area contributed by atoms with Crippen LogP contribution in [0.25, 0.3) is 0 Å². The number of allylic oxidation sites excluding steroid dienone is 2. The van der Waals surface area contributed by atoms with E-state index in [1.54, 1.807) is 0 Å². The number of hydrogen-bond donors (Lipinski definition) is 1. The van der Waals surface area contributed by atoms with E-state index in [0.717, 1.165) is 56.6 Å². The summed E-state index contributed by atoms with van der Waals surface area (Å²) in [6.07, 6.45) is 5.34. The van der Waals surface area contributed by atoms with E-state index in [9.17, 15) is 13.2 Å². The molecular weight excluding hydrogens is 465 g/mol. The largest absolute Gasteiger partial charge is 0.418 e. The zero-order chi connectivity index (χ0) is 24.0. The van der Waals surface area contributed by atoms with Crippen LogP contribution in [0.2, 0.25) is 0 Å². The van der Waals surface area contributed by atoms with Crippen LogP contribution in [0.15, 0.2) is 53.2 Å². The van der Waals surface area contributed by atoms with Crippen molar-refractivity contribution in [2.24, 2.45) is 0 Å². The summed E-state index contributed by atoms with van der Waals surface area (Å²) >= 11 is 7.00. The third-order valence-corrected chi connectivity index (χ3v) is 7.74. The predicted molar refractivity (Wildman–Crippen MR) is 125 cm³/mol. The van der Waals surface area contributed by atoms with Gasteiger partial charge in [0, 0.05) is 32.4 Å². The summed E-state index contributed by atoms with van der Waals surface area (Å²) < 4.78 is 41.1. The molecule has 0 amide bonds. The normalized spacial score (nSPS) is 28.8. The molecule has 34 heavy (non-hydrogen) atoms. The highest BCUT2D eigenvalue weighted by molar-refractivity contribution is 6.30. The zero-order valence-corrected chi connectivity index (χ0v) is 20.1. The van der Waals surface area contributed by atoms with Gasteiger partial charge in [-0.1, -0.05) is 17.7 Å². The maximum absolute atomic E-state index is 13.7. The van der Waals surface area contributed by atoms with Gasteiger partial charge in [-0.15, -0.1) is 0 Å². The fraction of sp³-hybridized carbons (Fsp3) is 0.542. The average Bonchev–Trinajstić information content (AvgIpc) is 3.16. The van der Waals surface area contributed by atoms with Gasteiger partial charge in [0.25, 0.3) is 0 Å². The van der Waals surface area contributed by atoms with Crippen LogP contribution in [0.1, 0.15) is 36.6 Å². The molecule has 0 spiro atoms. The fourth-order valence-electron chi connectivity index (χ4n) is 5.50. The van der Waals surface area contributed by atoms with Crippen molar-refractivity contribution in [1.82, 2.24) is 29.9 Å². The second-order valence-electron chi connectivity index (χ2n) is 9.43. The zero-order valence-electron chi connectivity index (χ0n) is 19.4. The van der Waals surface area contributed by atoms with Crippen LogP contribution in [0.3, 0.4) is 0 Å². The number of hydrogen-bond acceptors (Lipinski definition) is 6. The van der Waals surface area contributed by atoms with E-state index in [-0.39, 0.29) is 17.9 Å². The third-order valence-electron chi connectivity index (χ3n) is 7.36. The summed E-state index contributed by atoms with van der Waals surface area (Å²) in [5, 5.41) is 4.18. The Morgan fingerprint density at radius 3 is 2.56 bits per heavy atom. The molecule has 10 heteroatoms. The molecule has 184 valence electrons. The Balaban J connectivity index is 1.42. The first-order valence-electron chi connectivity index (χ1n) is 11.8. The lowest BCUT2D eigenvalue weighted by Crippen LogP contribution is -2.49. The van der Waals surface area contributed by atoms with Gasteiger partial charge in [0.05, 0.1) is 29.0 Å². The van der Waals surface area contributed by atoms with Gasteiger partial charge in [0.1, 0.15) is 17.1 Å². The number of piperazine rings is 1. The molecular formula is C24H30ClF3N6. The molecule has 1 aromatic heterocycles. The number of likely N-dealkylation sites (tertiary alicyclic amines) is 1. The van der Waals surface area contributed by atoms with Crippen molar-refractivity contribution in [3.8, 4) is 0 Å². The molecule has 0 saturated carbocycles. The number of piperidine rings is 1. The Bertz CT molecular complexity index is 1010. The van der Waals surface area contributed by atoms with Crippen molar-refractivity contribution in [3.63, 3.8) is 0 Å². The first kappa shape index (κ1) is 23.5. The van der Waals surface area contributed by atoms with E-state index in [0.29, 0.717) is 11.6 Å². The van der Waals surface area contributed by atoms with Gasteiger partial charge >= 0.3 is 6.18 Å². The molecule has 0 bridgehead atoms. The number of fused-ring (bicyclic) bond motifs is 1. The second kappa shape index (κ2) is 9.09. The molecule has 6 nitrogen and oxygen atoms in total. The van der Waals surface area contributed by atoms with Crippen LogP contribution < -0.4 is 5.32 Å². The van der Waals surface area contributed by atoms with Crippen molar-refractivity contribution < 1.29 is 13.2 Å². The number of nitrogens with zero attached hydrogens (tertiary/aromatic N) is 5. The summed E-state index contributed by atoms with van der Waals surface area (Å²) in [5.41, 5.74) is 0.301. The minimum atomic E-state index is -4.44. The molecule has 2 saturated heterocycles. The molecule has 4 aliphatic rings. The van der Waals surface area contributed by atoms with Crippen molar-refractivity contribution in [1.29, 1.82) is 0 Å². The highest BCUT2D eigenvalue weighted by Crippen LogP contribution is 2.43. The smallest absolute Gasteiger partial charge is 0.361 e. The van der Waals surface area contributed by atoms with Gasteiger partial charge in [0.15, 0.2) is 0 Å². The highest BCUT2D eigenvalue weighted by atomic mass is 35.5. The SMILES string of the molecule is CN1CCN(C2=CC=CC3NC(C4CCCC(c5ncccc5C(F)(F)F)N4C)=C(Cl)N23)CC1. The van der Waals surface area contributed by atoms with Crippen LogP contribution in [0, 0.1) is 0 Å². The van der Waals surface area contributed by atoms with Gasteiger partial charge < -0.3 is 15.1 Å². The van der Waals surface area contributed by atoms with Crippen LogP contribution in [-0.2, 0) is 6.18 Å². The van der Waals surface area contributed by atoms with Gasteiger partial charge in [-0.3, -0.25) is 14.8 Å².